The Balaban J connectivity index is 1.51. The molecule has 5 aromatic rings. The normalized spacial score (nSPS) is 11.2. The van der Waals surface area contributed by atoms with Crippen LogP contribution in [0.2, 0.25) is 5.02 Å². The summed E-state index contributed by atoms with van der Waals surface area (Å²) in [7, 11) is 0. The van der Waals surface area contributed by atoms with E-state index in [1.165, 1.54) is 17.3 Å². The van der Waals surface area contributed by atoms with E-state index in [0.29, 0.717) is 44.2 Å². The maximum Gasteiger partial charge on any atom is 0.266 e. The fraction of sp³-hybridized carbons (Fsp3) is 0.120. The molecular weight excluding hydrogens is 456 g/mol. The molecule has 3 aromatic carbocycles. The topological polar surface area (TPSA) is 73.8 Å². The Hall–Kier alpha value is -3.42. The number of para-hydroxylation sites is 1. The monoisotopic (exact) mass is 474 g/mol. The summed E-state index contributed by atoms with van der Waals surface area (Å²) in [4.78, 5) is 18.1. The van der Waals surface area contributed by atoms with Crippen molar-refractivity contribution < 1.29 is 4.42 Å². The van der Waals surface area contributed by atoms with E-state index in [0.717, 1.165) is 12.1 Å². The SMILES string of the molecule is CCc1ccc(-n2c(SCc3nnc(-c4ccccc4Cl)o3)nc3ccccc3c2=O)cc1. The summed E-state index contributed by atoms with van der Waals surface area (Å²) in [6.07, 6.45) is 0.928. The van der Waals surface area contributed by atoms with Crippen LogP contribution < -0.4 is 5.56 Å². The number of hydrogen-bond acceptors (Lipinski definition) is 6. The molecule has 0 radical (unpaired) electrons. The van der Waals surface area contributed by atoms with Gasteiger partial charge in [0, 0.05) is 0 Å². The lowest BCUT2D eigenvalue weighted by atomic mass is 10.1. The molecule has 0 N–H and O–H groups in total. The van der Waals surface area contributed by atoms with E-state index in [-0.39, 0.29) is 5.56 Å². The van der Waals surface area contributed by atoms with Crippen LogP contribution in [-0.2, 0) is 12.2 Å². The van der Waals surface area contributed by atoms with Crippen molar-refractivity contribution in [2.75, 3.05) is 0 Å². The predicted octanol–water partition coefficient (Wildman–Crippen LogP) is 5.94. The average molecular weight is 475 g/mol. The molecule has 0 atom stereocenters. The van der Waals surface area contributed by atoms with Crippen molar-refractivity contribution in [1.29, 1.82) is 0 Å². The van der Waals surface area contributed by atoms with Crippen LogP contribution in [-0.4, -0.2) is 19.7 Å². The molecule has 33 heavy (non-hydrogen) atoms. The summed E-state index contributed by atoms with van der Waals surface area (Å²) in [6, 6.07) is 22.6. The van der Waals surface area contributed by atoms with Gasteiger partial charge in [0.1, 0.15) is 0 Å². The first-order chi connectivity index (χ1) is 16.1. The van der Waals surface area contributed by atoms with Crippen LogP contribution in [0.1, 0.15) is 18.4 Å². The van der Waals surface area contributed by atoms with E-state index in [2.05, 4.69) is 17.1 Å². The van der Waals surface area contributed by atoms with E-state index in [1.807, 2.05) is 60.7 Å². The van der Waals surface area contributed by atoms with E-state index in [9.17, 15) is 4.79 Å². The van der Waals surface area contributed by atoms with E-state index in [1.54, 1.807) is 16.7 Å². The highest BCUT2D eigenvalue weighted by Crippen LogP contribution is 2.29. The molecule has 0 saturated carbocycles. The van der Waals surface area contributed by atoms with Crippen LogP contribution in [0.3, 0.4) is 0 Å². The molecule has 0 aliphatic heterocycles. The van der Waals surface area contributed by atoms with E-state index in [4.69, 9.17) is 21.0 Å². The van der Waals surface area contributed by atoms with Crippen LogP contribution in [0, 0.1) is 0 Å². The van der Waals surface area contributed by atoms with Crippen molar-refractivity contribution in [2.24, 2.45) is 0 Å². The number of hydrogen-bond donors (Lipinski definition) is 0. The van der Waals surface area contributed by atoms with Crippen LogP contribution >= 0.6 is 23.4 Å². The number of fused-ring (bicyclic) bond motifs is 1. The lowest BCUT2D eigenvalue weighted by Gasteiger charge is -2.13. The molecule has 164 valence electrons. The smallest absolute Gasteiger partial charge is 0.266 e. The highest BCUT2D eigenvalue weighted by atomic mass is 35.5. The maximum atomic E-state index is 13.4. The molecule has 0 amide bonds. The molecule has 5 rings (SSSR count). The van der Waals surface area contributed by atoms with Crippen LogP contribution in [0.4, 0.5) is 0 Å². The number of halogens is 1. The van der Waals surface area contributed by atoms with Gasteiger partial charge < -0.3 is 4.42 Å². The fourth-order valence-electron chi connectivity index (χ4n) is 3.50. The molecule has 0 aliphatic carbocycles. The van der Waals surface area contributed by atoms with Gasteiger partial charge in [-0.2, -0.15) is 0 Å². The Morgan fingerprint density at radius 1 is 0.970 bits per heavy atom. The van der Waals surface area contributed by atoms with Gasteiger partial charge in [0.25, 0.3) is 5.56 Å². The Bertz CT molecular complexity index is 1490. The minimum absolute atomic E-state index is 0.116. The van der Waals surface area contributed by atoms with Crippen LogP contribution in [0.25, 0.3) is 28.0 Å². The van der Waals surface area contributed by atoms with Crippen molar-refractivity contribution in [2.45, 2.75) is 24.3 Å². The van der Waals surface area contributed by atoms with Crippen molar-refractivity contribution >= 4 is 34.3 Å². The number of nitrogens with zero attached hydrogens (tertiary/aromatic N) is 4. The molecule has 0 fully saturated rings. The molecule has 0 bridgehead atoms. The second-order valence-electron chi connectivity index (χ2n) is 7.34. The molecular formula is C25H19ClN4O2S. The highest BCUT2D eigenvalue weighted by molar-refractivity contribution is 7.98. The Kier molecular flexibility index (Phi) is 5.98. The number of aromatic nitrogens is 4. The van der Waals surface area contributed by atoms with Crippen molar-refractivity contribution in [1.82, 2.24) is 19.7 Å². The van der Waals surface area contributed by atoms with Gasteiger partial charge in [-0.15, -0.1) is 10.2 Å². The standard InChI is InChI=1S/C25H19ClN4O2S/c1-2-16-11-13-17(14-12-16)30-24(31)19-8-4-6-10-21(19)27-25(30)33-15-22-28-29-23(32-22)18-7-3-5-9-20(18)26/h3-14H,2,15H2,1H3. The molecule has 0 spiro atoms. The lowest BCUT2D eigenvalue weighted by molar-refractivity contribution is 0.528. The quantitative estimate of drug-likeness (QED) is 0.224. The van der Waals surface area contributed by atoms with Gasteiger partial charge in [0.15, 0.2) is 5.16 Å². The molecule has 2 aromatic heterocycles. The first-order valence-electron chi connectivity index (χ1n) is 10.4. The van der Waals surface area contributed by atoms with Gasteiger partial charge in [0.2, 0.25) is 11.8 Å². The second kappa shape index (κ2) is 9.21. The van der Waals surface area contributed by atoms with Crippen molar-refractivity contribution in [3.8, 4) is 17.1 Å². The average Bonchev–Trinajstić information content (AvgIpc) is 3.32. The zero-order valence-corrected chi connectivity index (χ0v) is 19.3. The first-order valence-corrected chi connectivity index (χ1v) is 11.8. The van der Waals surface area contributed by atoms with Crippen molar-refractivity contribution in [3.63, 3.8) is 0 Å². The summed E-state index contributed by atoms with van der Waals surface area (Å²) in [5.74, 6) is 1.13. The number of rotatable bonds is 6. The number of thioether (sulfide) groups is 1. The van der Waals surface area contributed by atoms with Gasteiger partial charge in [0.05, 0.1) is 32.9 Å². The highest BCUT2D eigenvalue weighted by Gasteiger charge is 2.16. The summed E-state index contributed by atoms with van der Waals surface area (Å²) < 4.78 is 7.46. The Labute approximate surface area is 199 Å². The zero-order valence-electron chi connectivity index (χ0n) is 17.7. The molecule has 0 aliphatic rings. The molecule has 6 nitrogen and oxygen atoms in total. The molecule has 2 heterocycles. The minimum atomic E-state index is -0.116. The lowest BCUT2D eigenvalue weighted by Crippen LogP contribution is -2.21. The number of benzene rings is 3. The largest absolute Gasteiger partial charge is 0.420 e. The zero-order chi connectivity index (χ0) is 22.8. The third-order valence-corrected chi connectivity index (χ3v) is 6.50. The van der Waals surface area contributed by atoms with Crippen molar-refractivity contribution in [3.05, 3.63) is 99.6 Å². The summed E-state index contributed by atoms with van der Waals surface area (Å²) in [6.45, 7) is 2.10. The second-order valence-corrected chi connectivity index (χ2v) is 8.69. The fourth-order valence-corrected chi connectivity index (χ4v) is 4.57. The molecule has 0 saturated heterocycles. The van der Waals surface area contributed by atoms with Gasteiger partial charge in [-0.3, -0.25) is 9.36 Å². The predicted molar refractivity (Wildman–Crippen MR) is 131 cm³/mol. The van der Waals surface area contributed by atoms with Crippen LogP contribution in [0.15, 0.2) is 87.2 Å². The van der Waals surface area contributed by atoms with Gasteiger partial charge in [-0.1, -0.05) is 66.7 Å². The summed E-state index contributed by atoms with van der Waals surface area (Å²) in [5, 5.41) is 9.94. The number of aryl methyl sites for hydroxylation is 1. The van der Waals surface area contributed by atoms with Crippen LogP contribution in [0.5, 0.6) is 0 Å². The molecule has 0 unspecified atom stereocenters. The van der Waals surface area contributed by atoms with E-state index < -0.39 is 0 Å². The summed E-state index contributed by atoms with van der Waals surface area (Å²) in [5.41, 5.74) is 3.18. The maximum absolute atomic E-state index is 13.4. The third-order valence-electron chi connectivity index (χ3n) is 5.24. The Morgan fingerprint density at radius 3 is 2.52 bits per heavy atom. The van der Waals surface area contributed by atoms with Gasteiger partial charge in [-0.25, -0.2) is 4.98 Å². The van der Waals surface area contributed by atoms with Gasteiger partial charge in [-0.05, 0) is 48.4 Å². The summed E-state index contributed by atoms with van der Waals surface area (Å²) >= 11 is 7.61. The minimum Gasteiger partial charge on any atom is -0.420 e. The first kappa shape index (κ1) is 21.4. The van der Waals surface area contributed by atoms with E-state index >= 15 is 0 Å². The Morgan fingerprint density at radius 2 is 1.73 bits per heavy atom. The van der Waals surface area contributed by atoms with Gasteiger partial charge >= 0.3 is 0 Å². The third kappa shape index (κ3) is 4.29. The molecule has 8 heteroatoms.